The van der Waals surface area contributed by atoms with Gasteiger partial charge in [0.1, 0.15) is 6.17 Å². The first-order chi connectivity index (χ1) is 6.27. The fourth-order valence-corrected chi connectivity index (χ4v) is 2.80. The fourth-order valence-electron chi connectivity index (χ4n) is 2.80. The van der Waals surface area contributed by atoms with Crippen LogP contribution in [0.15, 0.2) is 0 Å². The van der Waals surface area contributed by atoms with Crippen molar-refractivity contribution in [3.8, 4) is 0 Å². The maximum absolute atomic E-state index is 13.2. The molecule has 1 atom stereocenters. The van der Waals surface area contributed by atoms with Crippen LogP contribution in [0.5, 0.6) is 0 Å². The molecule has 1 unspecified atom stereocenters. The van der Waals surface area contributed by atoms with Crippen molar-refractivity contribution in [1.29, 1.82) is 0 Å². The van der Waals surface area contributed by atoms with Crippen LogP contribution in [0.4, 0.5) is 4.39 Å². The Labute approximate surface area is 80.3 Å². The Morgan fingerprint density at radius 2 is 2.00 bits per heavy atom. The molecule has 13 heavy (non-hydrogen) atoms. The standard InChI is InChI=1S/C11H20FN/c1-2-10(12)9-13-8-4-7-11(13)5-3-6-11/h10H,2-9H2,1H3. The van der Waals surface area contributed by atoms with Gasteiger partial charge in [0.15, 0.2) is 0 Å². The molecule has 0 aromatic heterocycles. The van der Waals surface area contributed by atoms with Crippen molar-refractivity contribution in [3.63, 3.8) is 0 Å². The van der Waals surface area contributed by atoms with Crippen LogP contribution in [-0.2, 0) is 0 Å². The number of nitrogens with zero attached hydrogens (tertiary/aromatic N) is 1. The zero-order valence-electron chi connectivity index (χ0n) is 8.56. The molecule has 0 aromatic carbocycles. The highest BCUT2D eigenvalue weighted by Gasteiger charge is 2.45. The third-order valence-electron chi connectivity index (χ3n) is 3.89. The van der Waals surface area contributed by atoms with Crippen LogP contribution >= 0.6 is 0 Å². The average Bonchev–Trinajstić information content (AvgIpc) is 2.47. The lowest BCUT2D eigenvalue weighted by Gasteiger charge is -2.46. The third kappa shape index (κ3) is 1.61. The SMILES string of the molecule is CCC(F)CN1CCCC12CCC2. The lowest BCUT2D eigenvalue weighted by molar-refractivity contribution is 0.0356. The molecule has 2 heteroatoms. The molecule has 2 rings (SSSR count). The highest BCUT2D eigenvalue weighted by atomic mass is 19.1. The van der Waals surface area contributed by atoms with E-state index < -0.39 is 6.17 Å². The molecule has 76 valence electrons. The molecule has 1 aliphatic carbocycles. The van der Waals surface area contributed by atoms with Gasteiger partial charge in [0.2, 0.25) is 0 Å². The van der Waals surface area contributed by atoms with Crippen LogP contribution in [0.1, 0.15) is 45.4 Å². The first kappa shape index (κ1) is 9.45. The van der Waals surface area contributed by atoms with Gasteiger partial charge in [-0.05, 0) is 45.1 Å². The average molecular weight is 185 g/mol. The van der Waals surface area contributed by atoms with Crippen molar-refractivity contribution in [2.75, 3.05) is 13.1 Å². The topological polar surface area (TPSA) is 3.24 Å². The Kier molecular flexibility index (Phi) is 2.59. The zero-order chi connectivity index (χ0) is 9.31. The largest absolute Gasteiger partial charge is 0.295 e. The molecule has 0 bridgehead atoms. The van der Waals surface area contributed by atoms with Crippen molar-refractivity contribution < 1.29 is 4.39 Å². The molecule has 0 amide bonds. The lowest BCUT2D eigenvalue weighted by Crippen LogP contribution is -2.51. The first-order valence-corrected chi connectivity index (χ1v) is 5.66. The molecule has 1 spiro atoms. The van der Waals surface area contributed by atoms with E-state index in [0.717, 1.165) is 6.54 Å². The zero-order valence-corrected chi connectivity index (χ0v) is 8.56. The second-order valence-corrected chi connectivity index (χ2v) is 4.63. The number of alkyl halides is 1. The highest BCUT2D eigenvalue weighted by molar-refractivity contribution is 5.02. The van der Waals surface area contributed by atoms with Crippen LogP contribution in [0.3, 0.4) is 0 Å². The summed E-state index contributed by atoms with van der Waals surface area (Å²) in [6.45, 7) is 3.77. The normalized spacial score (nSPS) is 29.1. The smallest absolute Gasteiger partial charge is 0.112 e. The summed E-state index contributed by atoms with van der Waals surface area (Å²) in [6.07, 6.45) is 6.69. The van der Waals surface area contributed by atoms with Gasteiger partial charge < -0.3 is 0 Å². The maximum atomic E-state index is 13.2. The van der Waals surface area contributed by atoms with E-state index in [1.807, 2.05) is 6.92 Å². The first-order valence-electron chi connectivity index (χ1n) is 5.66. The van der Waals surface area contributed by atoms with Gasteiger partial charge in [0.25, 0.3) is 0 Å². The van der Waals surface area contributed by atoms with Gasteiger partial charge in [0, 0.05) is 12.1 Å². The molecule has 1 saturated carbocycles. The summed E-state index contributed by atoms with van der Waals surface area (Å²) in [5.41, 5.74) is 0.458. The molecular weight excluding hydrogens is 165 g/mol. The van der Waals surface area contributed by atoms with Crippen molar-refractivity contribution in [2.24, 2.45) is 0 Å². The summed E-state index contributed by atoms with van der Waals surface area (Å²) in [6, 6.07) is 0. The van der Waals surface area contributed by atoms with E-state index >= 15 is 0 Å². The molecule has 0 N–H and O–H groups in total. The Balaban J connectivity index is 1.90. The molecule has 2 fully saturated rings. The van der Waals surface area contributed by atoms with Crippen molar-refractivity contribution in [1.82, 2.24) is 4.90 Å². The minimum Gasteiger partial charge on any atom is -0.295 e. The number of likely N-dealkylation sites (tertiary alicyclic amines) is 1. The number of rotatable bonds is 3. The van der Waals surface area contributed by atoms with E-state index in [4.69, 9.17) is 0 Å². The molecular formula is C11H20FN. The number of halogens is 1. The molecule has 2 aliphatic rings. The Morgan fingerprint density at radius 3 is 2.54 bits per heavy atom. The predicted octanol–water partition coefficient (Wildman–Crippen LogP) is 2.75. The summed E-state index contributed by atoms with van der Waals surface area (Å²) >= 11 is 0. The van der Waals surface area contributed by atoms with E-state index in [0.29, 0.717) is 18.5 Å². The van der Waals surface area contributed by atoms with Crippen LogP contribution in [0.2, 0.25) is 0 Å². The number of hydrogen-bond acceptors (Lipinski definition) is 1. The van der Waals surface area contributed by atoms with Crippen molar-refractivity contribution >= 4 is 0 Å². The minimum atomic E-state index is -0.601. The van der Waals surface area contributed by atoms with Crippen LogP contribution in [-0.4, -0.2) is 29.7 Å². The predicted molar refractivity (Wildman–Crippen MR) is 52.6 cm³/mol. The Bertz CT molecular complexity index is 177. The van der Waals surface area contributed by atoms with Gasteiger partial charge in [-0.15, -0.1) is 0 Å². The molecule has 0 radical (unpaired) electrons. The minimum absolute atomic E-state index is 0.458. The van der Waals surface area contributed by atoms with Gasteiger partial charge in [0.05, 0.1) is 0 Å². The van der Waals surface area contributed by atoms with Gasteiger partial charge in [-0.25, -0.2) is 4.39 Å². The Hall–Kier alpha value is -0.110. The number of hydrogen-bond donors (Lipinski definition) is 0. The summed E-state index contributed by atoms with van der Waals surface area (Å²) in [5.74, 6) is 0. The molecule has 1 heterocycles. The molecule has 0 aromatic rings. The molecule has 1 saturated heterocycles. The monoisotopic (exact) mass is 185 g/mol. The molecule has 1 aliphatic heterocycles. The van der Waals surface area contributed by atoms with Crippen LogP contribution in [0.25, 0.3) is 0 Å². The van der Waals surface area contributed by atoms with E-state index in [2.05, 4.69) is 4.90 Å². The maximum Gasteiger partial charge on any atom is 0.112 e. The summed E-state index contributed by atoms with van der Waals surface area (Å²) in [5, 5.41) is 0. The van der Waals surface area contributed by atoms with Gasteiger partial charge in [-0.2, -0.15) is 0 Å². The van der Waals surface area contributed by atoms with E-state index in [1.54, 1.807) is 0 Å². The van der Waals surface area contributed by atoms with Gasteiger partial charge >= 0.3 is 0 Å². The second kappa shape index (κ2) is 3.56. The van der Waals surface area contributed by atoms with E-state index in [1.165, 1.54) is 32.1 Å². The summed E-state index contributed by atoms with van der Waals surface area (Å²) in [7, 11) is 0. The quantitative estimate of drug-likeness (QED) is 0.653. The second-order valence-electron chi connectivity index (χ2n) is 4.63. The summed E-state index contributed by atoms with van der Waals surface area (Å²) in [4.78, 5) is 2.42. The van der Waals surface area contributed by atoms with Crippen molar-refractivity contribution in [2.45, 2.75) is 57.2 Å². The highest BCUT2D eigenvalue weighted by Crippen LogP contribution is 2.45. The third-order valence-corrected chi connectivity index (χ3v) is 3.89. The van der Waals surface area contributed by atoms with Crippen molar-refractivity contribution in [3.05, 3.63) is 0 Å². The Morgan fingerprint density at radius 1 is 1.31 bits per heavy atom. The van der Waals surface area contributed by atoms with E-state index in [9.17, 15) is 4.39 Å². The van der Waals surface area contributed by atoms with Gasteiger partial charge in [-0.1, -0.05) is 6.92 Å². The molecule has 1 nitrogen and oxygen atoms in total. The van der Waals surface area contributed by atoms with Crippen LogP contribution < -0.4 is 0 Å². The fraction of sp³-hybridized carbons (Fsp3) is 1.00. The van der Waals surface area contributed by atoms with E-state index in [-0.39, 0.29) is 0 Å². The van der Waals surface area contributed by atoms with Gasteiger partial charge in [-0.3, -0.25) is 4.90 Å². The summed E-state index contributed by atoms with van der Waals surface area (Å²) < 4.78 is 13.2. The lowest BCUT2D eigenvalue weighted by atomic mass is 9.75. The van der Waals surface area contributed by atoms with Crippen LogP contribution in [0, 0.1) is 0 Å².